The Balaban J connectivity index is 1.71. The van der Waals surface area contributed by atoms with E-state index in [2.05, 4.69) is 10.6 Å². The normalized spacial score (nSPS) is 15.0. The molecule has 0 radical (unpaired) electrons. The van der Waals surface area contributed by atoms with E-state index >= 15 is 0 Å². The molecule has 2 rings (SSSR count). The Bertz CT molecular complexity index is 496. The van der Waals surface area contributed by atoms with E-state index in [-0.39, 0.29) is 5.91 Å². The number of carbonyl (C=O) groups excluding carboxylic acids is 1. The van der Waals surface area contributed by atoms with Crippen molar-refractivity contribution in [2.75, 3.05) is 13.1 Å². The van der Waals surface area contributed by atoms with Crippen molar-refractivity contribution in [3.05, 3.63) is 35.4 Å². The van der Waals surface area contributed by atoms with Gasteiger partial charge in [0.2, 0.25) is 5.91 Å². The first-order valence-electron chi connectivity index (χ1n) is 7.48. The molecule has 1 aromatic rings. The third-order valence-corrected chi connectivity index (χ3v) is 3.87. The lowest BCUT2D eigenvalue weighted by atomic mass is 10.0. The summed E-state index contributed by atoms with van der Waals surface area (Å²) in [7, 11) is 0. The van der Waals surface area contributed by atoms with Gasteiger partial charge in [-0.25, -0.2) is 4.79 Å². The minimum Gasteiger partial charge on any atom is -0.478 e. The van der Waals surface area contributed by atoms with E-state index in [1.165, 1.54) is 12.8 Å². The average Bonchev–Trinajstić information content (AvgIpc) is 2.99. The van der Waals surface area contributed by atoms with Crippen molar-refractivity contribution >= 4 is 11.9 Å². The quantitative estimate of drug-likeness (QED) is 0.712. The Morgan fingerprint density at radius 2 is 1.90 bits per heavy atom. The van der Waals surface area contributed by atoms with Crippen molar-refractivity contribution in [2.24, 2.45) is 0 Å². The highest BCUT2D eigenvalue weighted by Gasteiger charge is 2.15. The number of nitrogens with one attached hydrogen (secondary N) is 2. The molecule has 114 valence electrons. The minimum atomic E-state index is -0.931. The van der Waals surface area contributed by atoms with Gasteiger partial charge in [-0.1, -0.05) is 31.0 Å². The smallest absolute Gasteiger partial charge is 0.335 e. The molecular formula is C16H22N2O3. The largest absolute Gasteiger partial charge is 0.478 e. The predicted molar refractivity (Wildman–Crippen MR) is 80.4 cm³/mol. The fourth-order valence-electron chi connectivity index (χ4n) is 2.71. The summed E-state index contributed by atoms with van der Waals surface area (Å²) in [5.41, 5.74) is 1.05. The monoisotopic (exact) mass is 290 g/mol. The van der Waals surface area contributed by atoms with Gasteiger partial charge >= 0.3 is 5.97 Å². The second-order valence-corrected chi connectivity index (χ2v) is 5.42. The highest BCUT2D eigenvalue weighted by Crippen LogP contribution is 2.17. The van der Waals surface area contributed by atoms with Crippen LogP contribution in [-0.4, -0.2) is 36.1 Å². The number of hydrogen-bond donors (Lipinski definition) is 3. The lowest BCUT2D eigenvalue weighted by Gasteiger charge is -2.12. The van der Waals surface area contributed by atoms with Crippen LogP contribution in [0.5, 0.6) is 0 Å². The molecule has 0 unspecified atom stereocenters. The number of amides is 1. The second-order valence-electron chi connectivity index (χ2n) is 5.42. The molecule has 0 aromatic heterocycles. The van der Waals surface area contributed by atoms with E-state index in [1.54, 1.807) is 18.2 Å². The predicted octanol–water partition coefficient (Wildman–Crippen LogP) is 1.58. The molecule has 5 nitrogen and oxygen atoms in total. The Kier molecular flexibility index (Phi) is 5.75. The number of carboxylic acid groups (broad SMARTS) is 1. The van der Waals surface area contributed by atoms with Gasteiger partial charge in [0.15, 0.2) is 0 Å². The summed E-state index contributed by atoms with van der Waals surface area (Å²) in [6.45, 7) is 0.792. The molecule has 1 amide bonds. The zero-order chi connectivity index (χ0) is 15.1. The molecule has 0 atom stereocenters. The number of rotatable bonds is 7. The second kappa shape index (κ2) is 7.78. The first kappa shape index (κ1) is 15.5. The summed E-state index contributed by atoms with van der Waals surface area (Å²) >= 11 is 0. The molecule has 0 heterocycles. The van der Waals surface area contributed by atoms with E-state index in [0.29, 0.717) is 31.1 Å². The Labute approximate surface area is 124 Å². The van der Waals surface area contributed by atoms with Crippen molar-refractivity contribution in [3.63, 3.8) is 0 Å². The molecular weight excluding hydrogens is 268 g/mol. The van der Waals surface area contributed by atoms with Crippen LogP contribution in [0.1, 0.15) is 41.6 Å². The molecule has 0 saturated heterocycles. The lowest BCUT2D eigenvalue weighted by Crippen LogP contribution is -2.38. The van der Waals surface area contributed by atoms with Gasteiger partial charge in [-0.2, -0.15) is 0 Å². The fraction of sp³-hybridized carbons (Fsp3) is 0.500. The molecule has 3 N–H and O–H groups in total. The van der Waals surface area contributed by atoms with Gasteiger partial charge in [-0.05, 0) is 30.9 Å². The van der Waals surface area contributed by atoms with Crippen LogP contribution in [0.3, 0.4) is 0 Å². The van der Waals surface area contributed by atoms with Crippen LogP contribution in [0, 0.1) is 0 Å². The van der Waals surface area contributed by atoms with E-state index in [4.69, 9.17) is 5.11 Å². The Hall–Kier alpha value is -1.88. The van der Waals surface area contributed by atoms with Crippen LogP contribution < -0.4 is 10.6 Å². The van der Waals surface area contributed by atoms with Gasteiger partial charge in [-0.15, -0.1) is 0 Å². The first-order chi connectivity index (χ1) is 10.2. The van der Waals surface area contributed by atoms with Crippen molar-refractivity contribution in [1.29, 1.82) is 0 Å². The summed E-state index contributed by atoms with van der Waals surface area (Å²) in [5.74, 6) is -0.963. The standard InChI is InChI=1S/C16H22N2O3/c19-15(11-18-13-6-2-3-7-13)17-10-9-12-5-1-4-8-14(12)16(20)21/h1,4-5,8,13,18H,2-3,6-7,9-11H2,(H,17,19)(H,20,21). The highest BCUT2D eigenvalue weighted by atomic mass is 16.4. The summed E-state index contributed by atoms with van der Waals surface area (Å²) in [4.78, 5) is 22.8. The summed E-state index contributed by atoms with van der Waals surface area (Å²) in [6, 6.07) is 7.36. The van der Waals surface area contributed by atoms with Crippen molar-refractivity contribution < 1.29 is 14.7 Å². The molecule has 0 bridgehead atoms. The van der Waals surface area contributed by atoms with Gasteiger partial charge in [0.25, 0.3) is 0 Å². The fourth-order valence-corrected chi connectivity index (χ4v) is 2.71. The molecule has 1 aliphatic rings. The van der Waals surface area contributed by atoms with E-state index in [9.17, 15) is 9.59 Å². The van der Waals surface area contributed by atoms with Gasteiger partial charge in [0, 0.05) is 12.6 Å². The van der Waals surface area contributed by atoms with Gasteiger partial charge in [-0.3, -0.25) is 4.79 Å². The minimum absolute atomic E-state index is 0.0327. The molecule has 5 heteroatoms. The Morgan fingerprint density at radius 1 is 1.19 bits per heavy atom. The van der Waals surface area contributed by atoms with Crippen LogP contribution in [0.4, 0.5) is 0 Å². The average molecular weight is 290 g/mol. The summed E-state index contributed by atoms with van der Waals surface area (Å²) in [5, 5.41) is 15.2. The molecule has 1 aromatic carbocycles. The first-order valence-corrected chi connectivity index (χ1v) is 7.48. The van der Waals surface area contributed by atoms with Crippen LogP contribution in [0.25, 0.3) is 0 Å². The highest BCUT2D eigenvalue weighted by molar-refractivity contribution is 5.89. The Morgan fingerprint density at radius 3 is 2.62 bits per heavy atom. The van der Waals surface area contributed by atoms with E-state index < -0.39 is 5.97 Å². The molecule has 0 aliphatic heterocycles. The van der Waals surface area contributed by atoms with Crippen molar-refractivity contribution in [1.82, 2.24) is 10.6 Å². The number of carbonyl (C=O) groups is 2. The zero-order valence-electron chi connectivity index (χ0n) is 12.1. The van der Waals surface area contributed by atoms with Crippen LogP contribution in [0.15, 0.2) is 24.3 Å². The van der Waals surface area contributed by atoms with Crippen LogP contribution >= 0.6 is 0 Å². The zero-order valence-corrected chi connectivity index (χ0v) is 12.1. The maximum absolute atomic E-state index is 11.7. The molecule has 0 spiro atoms. The van der Waals surface area contributed by atoms with Gasteiger partial charge < -0.3 is 15.7 Å². The van der Waals surface area contributed by atoms with Crippen LogP contribution in [-0.2, 0) is 11.2 Å². The number of hydrogen-bond acceptors (Lipinski definition) is 3. The van der Waals surface area contributed by atoms with E-state index in [0.717, 1.165) is 18.4 Å². The number of benzene rings is 1. The number of carboxylic acids is 1. The van der Waals surface area contributed by atoms with E-state index in [1.807, 2.05) is 6.07 Å². The van der Waals surface area contributed by atoms with Gasteiger partial charge in [0.05, 0.1) is 12.1 Å². The SMILES string of the molecule is O=C(CNC1CCCC1)NCCc1ccccc1C(=O)O. The molecule has 1 saturated carbocycles. The maximum Gasteiger partial charge on any atom is 0.335 e. The maximum atomic E-state index is 11.7. The van der Waals surface area contributed by atoms with Crippen LogP contribution in [0.2, 0.25) is 0 Å². The molecule has 21 heavy (non-hydrogen) atoms. The van der Waals surface area contributed by atoms with Crippen molar-refractivity contribution in [2.45, 2.75) is 38.1 Å². The lowest BCUT2D eigenvalue weighted by molar-refractivity contribution is -0.120. The molecule has 1 fully saturated rings. The topological polar surface area (TPSA) is 78.4 Å². The third-order valence-electron chi connectivity index (χ3n) is 3.87. The summed E-state index contributed by atoms with van der Waals surface area (Å²) in [6.07, 6.45) is 5.31. The van der Waals surface area contributed by atoms with Crippen molar-refractivity contribution in [3.8, 4) is 0 Å². The summed E-state index contributed by atoms with van der Waals surface area (Å²) < 4.78 is 0. The van der Waals surface area contributed by atoms with Gasteiger partial charge in [0.1, 0.15) is 0 Å². The number of aromatic carboxylic acids is 1. The molecule has 1 aliphatic carbocycles. The third kappa shape index (κ3) is 4.86.